The van der Waals surface area contributed by atoms with Crippen LogP contribution in [0.2, 0.25) is 0 Å². The molecular weight excluding hydrogens is 340 g/mol. The van der Waals surface area contributed by atoms with Crippen LogP contribution in [0.15, 0.2) is 47.4 Å². The molecule has 6 nitrogen and oxygen atoms in total. The molecule has 134 valence electrons. The lowest BCUT2D eigenvalue weighted by molar-refractivity contribution is 0.0784. The Morgan fingerprint density at radius 2 is 1.80 bits per heavy atom. The molecule has 25 heavy (non-hydrogen) atoms. The summed E-state index contributed by atoms with van der Waals surface area (Å²) >= 11 is 0. The van der Waals surface area contributed by atoms with Gasteiger partial charge < -0.3 is 9.64 Å². The third-order valence-corrected chi connectivity index (χ3v) is 5.30. The van der Waals surface area contributed by atoms with Gasteiger partial charge in [-0.05, 0) is 44.3 Å². The highest BCUT2D eigenvalue weighted by atomic mass is 32.2. The molecule has 0 unspecified atom stereocenters. The summed E-state index contributed by atoms with van der Waals surface area (Å²) in [6, 6.07) is 11.7. The number of benzene rings is 2. The average molecular weight is 362 g/mol. The van der Waals surface area contributed by atoms with E-state index in [2.05, 4.69) is 4.72 Å². The number of aryl methyl sites for hydroxylation is 1. The molecule has 0 fully saturated rings. The number of amides is 1. The minimum Gasteiger partial charge on any atom is -0.496 e. The zero-order chi connectivity index (χ0) is 18.6. The van der Waals surface area contributed by atoms with Gasteiger partial charge in [-0.25, -0.2) is 13.1 Å². The Balaban J connectivity index is 2.19. The molecule has 0 bridgehead atoms. The van der Waals surface area contributed by atoms with Crippen LogP contribution in [0.4, 0.5) is 0 Å². The maximum absolute atomic E-state index is 12.6. The molecule has 1 amide bonds. The van der Waals surface area contributed by atoms with Crippen LogP contribution in [0.25, 0.3) is 0 Å². The smallest absolute Gasteiger partial charge is 0.253 e. The standard InChI is InChI=1S/C18H22N2O4S/c1-13-5-10-17(24-4)15(11-13)12-20(3)18(21)14-6-8-16(9-7-14)25(22,23)19-2/h5-11,19H,12H2,1-4H3. The van der Waals surface area contributed by atoms with Gasteiger partial charge in [0.05, 0.1) is 12.0 Å². The first-order chi connectivity index (χ1) is 11.8. The Morgan fingerprint density at radius 1 is 1.16 bits per heavy atom. The Kier molecular flexibility index (Phi) is 5.81. The van der Waals surface area contributed by atoms with Crippen LogP contribution < -0.4 is 9.46 Å². The van der Waals surface area contributed by atoms with Crippen LogP contribution in [0.5, 0.6) is 5.75 Å². The molecule has 0 radical (unpaired) electrons. The third-order valence-electron chi connectivity index (χ3n) is 3.87. The number of ether oxygens (including phenoxy) is 1. The Labute approximate surface area is 148 Å². The van der Waals surface area contributed by atoms with E-state index in [0.29, 0.717) is 12.1 Å². The maximum atomic E-state index is 12.6. The van der Waals surface area contributed by atoms with E-state index in [-0.39, 0.29) is 10.8 Å². The molecule has 0 aliphatic carbocycles. The van der Waals surface area contributed by atoms with E-state index in [0.717, 1.165) is 16.9 Å². The van der Waals surface area contributed by atoms with Gasteiger partial charge in [0.25, 0.3) is 5.91 Å². The molecule has 2 aromatic rings. The van der Waals surface area contributed by atoms with Gasteiger partial charge in [-0.2, -0.15) is 0 Å². The monoisotopic (exact) mass is 362 g/mol. The normalized spacial score (nSPS) is 11.2. The van der Waals surface area contributed by atoms with Crippen molar-refractivity contribution in [3.05, 3.63) is 59.2 Å². The van der Waals surface area contributed by atoms with Crippen molar-refractivity contribution in [1.29, 1.82) is 0 Å². The lowest BCUT2D eigenvalue weighted by atomic mass is 10.1. The second kappa shape index (κ2) is 7.67. The molecule has 0 spiro atoms. The van der Waals surface area contributed by atoms with Gasteiger partial charge in [-0.15, -0.1) is 0 Å². The summed E-state index contributed by atoms with van der Waals surface area (Å²) in [4.78, 5) is 14.3. The van der Waals surface area contributed by atoms with Crippen molar-refractivity contribution in [1.82, 2.24) is 9.62 Å². The minimum atomic E-state index is -3.51. The van der Waals surface area contributed by atoms with Crippen LogP contribution in [0.3, 0.4) is 0 Å². The van der Waals surface area contributed by atoms with Crippen LogP contribution >= 0.6 is 0 Å². The predicted octanol–water partition coefficient (Wildman–Crippen LogP) is 2.18. The quantitative estimate of drug-likeness (QED) is 0.855. The number of carbonyl (C=O) groups is 1. The SMILES string of the molecule is CNS(=O)(=O)c1ccc(C(=O)N(C)Cc2cc(C)ccc2OC)cc1. The fourth-order valence-electron chi connectivity index (χ4n) is 2.47. The van der Waals surface area contributed by atoms with Crippen molar-refractivity contribution in [2.24, 2.45) is 0 Å². The van der Waals surface area contributed by atoms with Crippen LogP contribution in [0, 0.1) is 6.92 Å². The Bertz CT molecular complexity index is 861. The minimum absolute atomic E-state index is 0.120. The molecule has 0 atom stereocenters. The van der Waals surface area contributed by atoms with E-state index in [4.69, 9.17) is 4.74 Å². The van der Waals surface area contributed by atoms with Crippen LogP contribution in [-0.4, -0.2) is 40.4 Å². The lowest BCUT2D eigenvalue weighted by Crippen LogP contribution is -2.26. The Morgan fingerprint density at radius 3 is 2.36 bits per heavy atom. The van der Waals surface area contributed by atoms with Gasteiger partial charge in [0, 0.05) is 24.7 Å². The fraction of sp³-hybridized carbons (Fsp3) is 0.278. The van der Waals surface area contributed by atoms with Gasteiger partial charge in [0.2, 0.25) is 10.0 Å². The number of nitrogens with one attached hydrogen (secondary N) is 1. The molecular formula is C18H22N2O4S. The molecule has 7 heteroatoms. The van der Waals surface area contributed by atoms with Gasteiger partial charge in [0.15, 0.2) is 0 Å². The number of methoxy groups -OCH3 is 1. The summed E-state index contributed by atoms with van der Waals surface area (Å²) in [5.74, 6) is 0.526. The summed E-state index contributed by atoms with van der Waals surface area (Å²) in [5.41, 5.74) is 2.41. The Hall–Kier alpha value is -2.38. The summed E-state index contributed by atoms with van der Waals surface area (Å²) in [5, 5.41) is 0. The van der Waals surface area contributed by atoms with Crippen LogP contribution in [-0.2, 0) is 16.6 Å². The first-order valence-corrected chi connectivity index (χ1v) is 9.19. The number of sulfonamides is 1. The average Bonchev–Trinajstić information content (AvgIpc) is 2.61. The van der Waals surface area contributed by atoms with E-state index < -0.39 is 10.0 Å². The van der Waals surface area contributed by atoms with Gasteiger partial charge in [-0.3, -0.25) is 4.79 Å². The highest BCUT2D eigenvalue weighted by molar-refractivity contribution is 7.89. The van der Waals surface area contributed by atoms with Crippen molar-refractivity contribution in [3.8, 4) is 5.75 Å². The molecule has 0 saturated carbocycles. The molecule has 1 N–H and O–H groups in total. The van der Waals surface area contributed by atoms with Crippen molar-refractivity contribution < 1.29 is 17.9 Å². The highest BCUT2D eigenvalue weighted by Gasteiger charge is 2.16. The molecule has 2 rings (SSSR count). The summed E-state index contributed by atoms with van der Waals surface area (Å²) in [6.45, 7) is 2.37. The molecule has 2 aromatic carbocycles. The van der Waals surface area contributed by atoms with E-state index in [9.17, 15) is 13.2 Å². The number of nitrogens with zero attached hydrogens (tertiary/aromatic N) is 1. The topological polar surface area (TPSA) is 75.7 Å². The second-order valence-electron chi connectivity index (χ2n) is 5.71. The number of carbonyl (C=O) groups excluding carboxylic acids is 1. The van der Waals surface area contributed by atoms with Crippen molar-refractivity contribution in [2.45, 2.75) is 18.4 Å². The third kappa shape index (κ3) is 4.37. The second-order valence-corrected chi connectivity index (χ2v) is 7.59. The molecule has 0 aromatic heterocycles. The molecule has 0 saturated heterocycles. The van der Waals surface area contributed by atoms with E-state index in [1.165, 1.54) is 31.3 Å². The summed E-state index contributed by atoms with van der Waals surface area (Å²) < 4.78 is 31.1. The summed E-state index contributed by atoms with van der Waals surface area (Å²) in [6.07, 6.45) is 0. The van der Waals surface area contributed by atoms with Gasteiger partial charge >= 0.3 is 0 Å². The predicted molar refractivity (Wildman–Crippen MR) is 96.2 cm³/mol. The van der Waals surface area contributed by atoms with E-state index in [1.807, 2.05) is 25.1 Å². The lowest BCUT2D eigenvalue weighted by Gasteiger charge is -2.19. The van der Waals surface area contributed by atoms with Crippen molar-refractivity contribution in [3.63, 3.8) is 0 Å². The fourth-order valence-corrected chi connectivity index (χ4v) is 3.20. The first kappa shape index (κ1) is 19.0. The van der Waals surface area contributed by atoms with E-state index >= 15 is 0 Å². The first-order valence-electron chi connectivity index (χ1n) is 7.71. The van der Waals surface area contributed by atoms with E-state index in [1.54, 1.807) is 19.1 Å². The maximum Gasteiger partial charge on any atom is 0.253 e. The number of hydrogen-bond acceptors (Lipinski definition) is 4. The zero-order valence-electron chi connectivity index (χ0n) is 14.7. The molecule has 0 heterocycles. The van der Waals surface area contributed by atoms with Crippen molar-refractivity contribution in [2.75, 3.05) is 21.2 Å². The largest absolute Gasteiger partial charge is 0.496 e. The van der Waals surface area contributed by atoms with Crippen molar-refractivity contribution >= 4 is 15.9 Å². The zero-order valence-corrected chi connectivity index (χ0v) is 15.6. The van der Waals surface area contributed by atoms with Gasteiger partial charge in [-0.1, -0.05) is 17.7 Å². The molecule has 0 aliphatic heterocycles. The highest BCUT2D eigenvalue weighted by Crippen LogP contribution is 2.22. The number of hydrogen-bond donors (Lipinski definition) is 1. The molecule has 0 aliphatic rings. The van der Waals surface area contributed by atoms with Gasteiger partial charge in [0.1, 0.15) is 5.75 Å². The summed E-state index contributed by atoms with van der Waals surface area (Å²) in [7, 11) is 1.12. The number of rotatable bonds is 6. The van der Waals surface area contributed by atoms with Crippen LogP contribution in [0.1, 0.15) is 21.5 Å².